The first kappa shape index (κ1) is 12.7. The van der Waals surface area contributed by atoms with E-state index in [1.807, 2.05) is 45.0 Å². The Balaban J connectivity index is 2.52. The molecule has 0 radical (unpaired) electrons. The van der Waals surface area contributed by atoms with Crippen LogP contribution in [-0.4, -0.2) is 22.0 Å². The minimum absolute atomic E-state index is 0.271. The van der Waals surface area contributed by atoms with Crippen LogP contribution < -0.4 is 0 Å². The average molecular weight is 243 g/mol. The monoisotopic (exact) mass is 243 g/mol. The van der Waals surface area contributed by atoms with E-state index in [0.29, 0.717) is 11.1 Å². The Morgan fingerprint density at radius 3 is 2.56 bits per heavy atom. The maximum atomic E-state index is 12.3. The molecule has 0 saturated carbocycles. The van der Waals surface area contributed by atoms with Gasteiger partial charge >= 0.3 is 0 Å². The van der Waals surface area contributed by atoms with Crippen molar-refractivity contribution in [2.45, 2.75) is 26.9 Å². The van der Waals surface area contributed by atoms with Crippen molar-refractivity contribution in [2.24, 2.45) is 5.41 Å². The lowest BCUT2D eigenvalue weighted by molar-refractivity contribution is 0.0444. The Hall–Kier alpha value is -1.74. The first-order chi connectivity index (χ1) is 8.41. The summed E-state index contributed by atoms with van der Waals surface area (Å²) in [5.74, 6) is -0.271. The van der Waals surface area contributed by atoms with Crippen LogP contribution in [0.3, 0.4) is 0 Å². The fourth-order valence-corrected chi connectivity index (χ4v) is 1.84. The lowest BCUT2D eigenvalue weighted by Crippen LogP contribution is -2.34. The fraction of sp³-hybridized carbons (Fsp3) is 0.333. The molecule has 0 saturated heterocycles. The van der Waals surface area contributed by atoms with E-state index in [1.165, 1.54) is 0 Å². The molecule has 18 heavy (non-hydrogen) atoms. The summed E-state index contributed by atoms with van der Waals surface area (Å²) in [5.41, 5.74) is 0.650. The summed E-state index contributed by atoms with van der Waals surface area (Å²) in [6.45, 7) is 5.52. The number of pyridine rings is 1. The fourth-order valence-electron chi connectivity index (χ4n) is 1.84. The van der Waals surface area contributed by atoms with Gasteiger partial charge in [-0.1, -0.05) is 39.0 Å². The van der Waals surface area contributed by atoms with E-state index in [2.05, 4.69) is 4.98 Å². The lowest BCUT2D eigenvalue weighted by atomic mass is 9.84. The van der Waals surface area contributed by atoms with Gasteiger partial charge in [-0.05, 0) is 17.5 Å². The van der Waals surface area contributed by atoms with E-state index in [0.717, 1.165) is 5.39 Å². The lowest BCUT2D eigenvalue weighted by Gasteiger charge is -2.24. The van der Waals surface area contributed by atoms with E-state index < -0.39 is 11.5 Å². The number of aromatic nitrogens is 1. The number of carbonyl (C=O) groups is 1. The van der Waals surface area contributed by atoms with E-state index in [4.69, 9.17) is 0 Å². The molecule has 3 nitrogen and oxygen atoms in total. The van der Waals surface area contributed by atoms with Gasteiger partial charge in [-0.15, -0.1) is 0 Å². The standard InChI is InChI=1S/C15H17NO2/c1-15(2,3)14(18)13(17)11-8-4-6-10-7-5-9-16-12(10)11/h4-9,14,18H,1-3H3. The van der Waals surface area contributed by atoms with Gasteiger partial charge in [0, 0.05) is 17.1 Å². The number of rotatable bonds is 2. The smallest absolute Gasteiger partial charge is 0.193 e. The van der Waals surface area contributed by atoms with Gasteiger partial charge in [-0.3, -0.25) is 9.78 Å². The molecule has 1 heterocycles. The van der Waals surface area contributed by atoms with Crippen molar-refractivity contribution in [1.29, 1.82) is 0 Å². The zero-order valence-corrected chi connectivity index (χ0v) is 10.8. The van der Waals surface area contributed by atoms with Crippen molar-refractivity contribution in [3.63, 3.8) is 0 Å². The summed E-state index contributed by atoms with van der Waals surface area (Å²) in [6, 6.07) is 9.17. The molecular weight excluding hydrogens is 226 g/mol. The topological polar surface area (TPSA) is 50.2 Å². The van der Waals surface area contributed by atoms with E-state index >= 15 is 0 Å². The van der Waals surface area contributed by atoms with Crippen molar-refractivity contribution in [3.8, 4) is 0 Å². The molecular formula is C15H17NO2. The van der Waals surface area contributed by atoms with Crippen LogP contribution in [0.2, 0.25) is 0 Å². The molecule has 1 N–H and O–H groups in total. The van der Waals surface area contributed by atoms with Gasteiger partial charge in [-0.2, -0.15) is 0 Å². The highest BCUT2D eigenvalue weighted by Crippen LogP contribution is 2.25. The summed E-state index contributed by atoms with van der Waals surface area (Å²) < 4.78 is 0. The van der Waals surface area contributed by atoms with Crippen molar-refractivity contribution in [3.05, 3.63) is 42.1 Å². The molecule has 0 aliphatic carbocycles. The van der Waals surface area contributed by atoms with Crippen LogP contribution in [0.15, 0.2) is 36.5 Å². The summed E-state index contributed by atoms with van der Waals surface area (Å²) in [5, 5.41) is 11.0. The van der Waals surface area contributed by atoms with Crippen LogP contribution in [-0.2, 0) is 0 Å². The third-order valence-electron chi connectivity index (χ3n) is 2.97. The van der Waals surface area contributed by atoms with Gasteiger partial charge in [0.15, 0.2) is 5.78 Å². The molecule has 2 rings (SSSR count). The molecule has 1 aromatic heterocycles. The predicted octanol–water partition coefficient (Wildman–Crippen LogP) is 2.82. The number of para-hydroxylation sites is 1. The first-order valence-electron chi connectivity index (χ1n) is 5.97. The summed E-state index contributed by atoms with van der Waals surface area (Å²) >= 11 is 0. The molecule has 1 aromatic carbocycles. The third-order valence-corrected chi connectivity index (χ3v) is 2.97. The SMILES string of the molecule is CC(C)(C)C(O)C(=O)c1cccc2cccnc12. The summed E-state index contributed by atoms with van der Waals surface area (Å²) in [6.07, 6.45) is 0.632. The average Bonchev–Trinajstić information content (AvgIpc) is 2.35. The van der Waals surface area contributed by atoms with E-state index in [9.17, 15) is 9.90 Å². The van der Waals surface area contributed by atoms with Gasteiger partial charge < -0.3 is 5.11 Å². The molecule has 0 aliphatic heterocycles. The predicted molar refractivity (Wildman–Crippen MR) is 71.5 cm³/mol. The van der Waals surface area contributed by atoms with Crippen molar-refractivity contribution in [1.82, 2.24) is 4.98 Å². The highest BCUT2D eigenvalue weighted by atomic mass is 16.3. The Morgan fingerprint density at radius 2 is 1.89 bits per heavy atom. The minimum Gasteiger partial charge on any atom is -0.384 e. The number of aliphatic hydroxyl groups is 1. The van der Waals surface area contributed by atoms with Crippen LogP contribution in [0.25, 0.3) is 10.9 Å². The second kappa shape index (κ2) is 4.50. The third kappa shape index (κ3) is 2.27. The van der Waals surface area contributed by atoms with Gasteiger partial charge in [0.05, 0.1) is 5.52 Å². The molecule has 0 spiro atoms. The maximum absolute atomic E-state index is 12.3. The van der Waals surface area contributed by atoms with Crippen LogP contribution >= 0.6 is 0 Å². The first-order valence-corrected chi connectivity index (χ1v) is 5.97. The molecule has 0 amide bonds. The minimum atomic E-state index is -1.02. The zero-order chi connectivity index (χ0) is 13.3. The number of aliphatic hydroxyl groups excluding tert-OH is 1. The molecule has 0 bridgehead atoms. The second-order valence-corrected chi connectivity index (χ2v) is 5.51. The molecule has 94 valence electrons. The number of benzene rings is 1. The summed E-state index contributed by atoms with van der Waals surface area (Å²) in [4.78, 5) is 16.6. The quantitative estimate of drug-likeness (QED) is 0.825. The molecule has 1 atom stereocenters. The van der Waals surface area contributed by atoms with E-state index in [-0.39, 0.29) is 5.78 Å². The molecule has 1 unspecified atom stereocenters. The number of nitrogens with zero attached hydrogens (tertiary/aromatic N) is 1. The number of hydrogen-bond donors (Lipinski definition) is 1. The van der Waals surface area contributed by atoms with Crippen molar-refractivity contribution >= 4 is 16.7 Å². The highest BCUT2D eigenvalue weighted by molar-refractivity contribution is 6.08. The van der Waals surface area contributed by atoms with Crippen LogP contribution in [0.4, 0.5) is 0 Å². The molecule has 3 heteroatoms. The van der Waals surface area contributed by atoms with Gasteiger partial charge in [0.1, 0.15) is 6.10 Å². The van der Waals surface area contributed by atoms with Crippen LogP contribution in [0.1, 0.15) is 31.1 Å². The normalized spacial score (nSPS) is 13.6. The number of hydrogen-bond acceptors (Lipinski definition) is 3. The number of Topliss-reactive ketones (excluding diaryl/α,β-unsaturated/α-hetero) is 1. The molecule has 0 aliphatic rings. The number of carbonyl (C=O) groups excluding carboxylic acids is 1. The van der Waals surface area contributed by atoms with Gasteiger partial charge in [-0.25, -0.2) is 0 Å². The maximum Gasteiger partial charge on any atom is 0.193 e. The van der Waals surface area contributed by atoms with E-state index in [1.54, 1.807) is 12.3 Å². The number of fused-ring (bicyclic) bond motifs is 1. The number of ketones is 1. The van der Waals surface area contributed by atoms with Gasteiger partial charge in [0.25, 0.3) is 0 Å². The zero-order valence-electron chi connectivity index (χ0n) is 10.8. The largest absolute Gasteiger partial charge is 0.384 e. The Kier molecular flexibility index (Phi) is 3.18. The summed E-state index contributed by atoms with van der Waals surface area (Å²) in [7, 11) is 0. The highest BCUT2D eigenvalue weighted by Gasteiger charge is 2.30. The Bertz CT molecular complexity index is 579. The molecule has 0 fully saturated rings. The Labute approximate surface area is 106 Å². The van der Waals surface area contributed by atoms with Crippen molar-refractivity contribution < 1.29 is 9.90 Å². The van der Waals surface area contributed by atoms with Crippen molar-refractivity contribution in [2.75, 3.05) is 0 Å². The Morgan fingerprint density at radius 1 is 1.22 bits per heavy atom. The van der Waals surface area contributed by atoms with Crippen LogP contribution in [0, 0.1) is 5.41 Å². The van der Waals surface area contributed by atoms with Crippen LogP contribution in [0.5, 0.6) is 0 Å². The van der Waals surface area contributed by atoms with Gasteiger partial charge in [0.2, 0.25) is 0 Å². The second-order valence-electron chi connectivity index (χ2n) is 5.51. The molecule has 2 aromatic rings.